The zero-order chi connectivity index (χ0) is 19.5. The van der Waals surface area contributed by atoms with Crippen LogP contribution in [0.4, 0.5) is 0 Å². The lowest BCUT2D eigenvalue weighted by atomic mass is 9.87. The van der Waals surface area contributed by atoms with Crippen LogP contribution < -0.4 is 5.32 Å². The molecule has 2 heterocycles. The molecule has 4 rings (SSSR count). The topological polar surface area (TPSA) is 62.3 Å². The summed E-state index contributed by atoms with van der Waals surface area (Å²) in [7, 11) is 0. The molecule has 2 aliphatic rings. The van der Waals surface area contributed by atoms with Gasteiger partial charge in [0.25, 0.3) is 0 Å². The van der Waals surface area contributed by atoms with Gasteiger partial charge in [0.1, 0.15) is 0 Å². The largest absolute Gasteiger partial charge is 0.352 e. The maximum absolute atomic E-state index is 13.0. The van der Waals surface area contributed by atoms with Crippen molar-refractivity contribution in [1.82, 2.24) is 15.2 Å². The third-order valence-corrected chi connectivity index (χ3v) is 5.78. The third kappa shape index (κ3) is 4.24. The Hall–Kier alpha value is -2.69. The van der Waals surface area contributed by atoms with Gasteiger partial charge in [0, 0.05) is 31.4 Å². The molecule has 1 aromatic carbocycles. The van der Waals surface area contributed by atoms with Gasteiger partial charge in [-0.25, -0.2) is 0 Å². The van der Waals surface area contributed by atoms with E-state index in [-0.39, 0.29) is 29.7 Å². The Morgan fingerprint density at radius 3 is 2.64 bits per heavy atom. The van der Waals surface area contributed by atoms with Crippen LogP contribution in [0.5, 0.6) is 0 Å². The van der Waals surface area contributed by atoms with Crippen molar-refractivity contribution in [1.29, 1.82) is 0 Å². The molecule has 0 bridgehead atoms. The monoisotopic (exact) mass is 377 g/mol. The lowest BCUT2D eigenvalue weighted by Gasteiger charge is -2.40. The summed E-state index contributed by atoms with van der Waals surface area (Å²) in [5.41, 5.74) is 3.37. The van der Waals surface area contributed by atoms with Gasteiger partial charge in [-0.3, -0.25) is 14.6 Å². The first kappa shape index (κ1) is 18.7. The van der Waals surface area contributed by atoms with Crippen LogP contribution in [0.1, 0.15) is 48.4 Å². The highest BCUT2D eigenvalue weighted by molar-refractivity contribution is 5.84. The lowest BCUT2D eigenvalue weighted by molar-refractivity contribution is -0.140. The number of piperidine rings is 1. The molecule has 2 fully saturated rings. The van der Waals surface area contributed by atoms with E-state index in [0.29, 0.717) is 13.1 Å². The Kier molecular flexibility index (Phi) is 5.42. The van der Waals surface area contributed by atoms with Crippen LogP contribution in [0.15, 0.2) is 48.8 Å². The average molecular weight is 377 g/mol. The van der Waals surface area contributed by atoms with Gasteiger partial charge in [0.2, 0.25) is 11.8 Å². The molecule has 2 amide bonds. The fraction of sp³-hybridized carbons (Fsp3) is 0.435. The molecule has 2 aromatic rings. The summed E-state index contributed by atoms with van der Waals surface area (Å²) in [6.45, 7) is 3.06. The van der Waals surface area contributed by atoms with Crippen LogP contribution in [0.3, 0.4) is 0 Å². The molecule has 2 atom stereocenters. The van der Waals surface area contributed by atoms with Gasteiger partial charge < -0.3 is 10.2 Å². The number of rotatable bonds is 5. The summed E-state index contributed by atoms with van der Waals surface area (Å²) in [4.78, 5) is 31.8. The molecule has 0 unspecified atom stereocenters. The third-order valence-electron chi connectivity index (χ3n) is 5.78. The van der Waals surface area contributed by atoms with Crippen molar-refractivity contribution in [3.05, 3.63) is 65.5 Å². The first-order valence-electron chi connectivity index (χ1n) is 10.2. The SMILES string of the molecule is Cc1cccc([C@@H]2CC[C@H](C(=O)NCc3cccnc3)CN2C(=O)C2CC2)c1. The average Bonchev–Trinajstić information content (AvgIpc) is 3.57. The Morgan fingerprint density at radius 1 is 1.11 bits per heavy atom. The summed E-state index contributed by atoms with van der Waals surface area (Å²) in [5.74, 6) is 0.251. The molecule has 0 spiro atoms. The molecule has 28 heavy (non-hydrogen) atoms. The zero-order valence-electron chi connectivity index (χ0n) is 16.3. The number of aryl methyl sites for hydroxylation is 1. The predicted octanol–water partition coefficient (Wildman–Crippen LogP) is 3.40. The summed E-state index contributed by atoms with van der Waals surface area (Å²) in [6.07, 6.45) is 7.07. The fourth-order valence-corrected chi connectivity index (χ4v) is 4.05. The number of nitrogens with zero attached hydrogens (tertiary/aromatic N) is 2. The number of carbonyl (C=O) groups is 2. The van der Waals surface area contributed by atoms with Crippen molar-refractivity contribution in [2.45, 2.75) is 45.2 Å². The van der Waals surface area contributed by atoms with Gasteiger partial charge in [-0.05, 0) is 49.8 Å². The lowest BCUT2D eigenvalue weighted by Crippen LogP contribution is -2.47. The van der Waals surface area contributed by atoms with E-state index in [1.807, 2.05) is 17.0 Å². The molecule has 1 saturated heterocycles. The van der Waals surface area contributed by atoms with Gasteiger partial charge in [0.15, 0.2) is 0 Å². The number of likely N-dealkylation sites (tertiary alicyclic amines) is 1. The van der Waals surface area contributed by atoms with Crippen molar-refractivity contribution < 1.29 is 9.59 Å². The first-order chi connectivity index (χ1) is 13.6. The maximum atomic E-state index is 13.0. The zero-order valence-corrected chi connectivity index (χ0v) is 16.3. The summed E-state index contributed by atoms with van der Waals surface area (Å²) in [6, 6.07) is 12.3. The maximum Gasteiger partial charge on any atom is 0.226 e. The van der Waals surface area contributed by atoms with Gasteiger partial charge in [0.05, 0.1) is 12.0 Å². The number of hydrogen-bond donors (Lipinski definition) is 1. The van der Waals surface area contributed by atoms with E-state index in [1.165, 1.54) is 11.1 Å². The first-order valence-corrected chi connectivity index (χ1v) is 10.2. The van der Waals surface area contributed by atoms with Gasteiger partial charge in [-0.15, -0.1) is 0 Å². The molecule has 5 heteroatoms. The number of carbonyl (C=O) groups excluding carboxylic acids is 2. The van der Waals surface area contributed by atoms with Crippen molar-refractivity contribution in [2.75, 3.05) is 6.54 Å². The summed E-state index contributed by atoms with van der Waals surface area (Å²) in [5, 5.41) is 3.02. The smallest absolute Gasteiger partial charge is 0.226 e. The number of pyridine rings is 1. The predicted molar refractivity (Wildman–Crippen MR) is 107 cm³/mol. The Labute approximate surface area is 166 Å². The Balaban J connectivity index is 1.45. The Bertz CT molecular complexity index is 848. The van der Waals surface area contributed by atoms with Crippen LogP contribution >= 0.6 is 0 Å². The Morgan fingerprint density at radius 2 is 1.93 bits per heavy atom. The molecule has 1 N–H and O–H groups in total. The fourth-order valence-electron chi connectivity index (χ4n) is 4.05. The number of aromatic nitrogens is 1. The highest BCUT2D eigenvalue weighted by atomic mass is 16.2. The van der Waals surface area contributed by atoms with Gasteiger partial charge in [-0.1, -0.05) is 35.9 Å². The van der Waals surface area contributed by atoms with Gasteiger partial charge >= 0.3 is 0 Å². The highest BCUT2D eigenvalue weighted by Gasteiger charge is 2.41. The number of hydrogen-bond acceptors (Lipinski definition) is 3. The van der Waals surface area contributed by atoms with Gasteiger partial charge in [-0.2, -0.15) is 0 Å². The molecular formula is C23H27N3O2. The van der Waals surface area contributed by atoms with E-state index < -0.39 is 0 Å². The molecule has 5 nitrogen and oxygen atoms in total. The van der Waals surface area contributed by atoms with Crippen molar-refractivity contribution in [2.24, 2.45) is 11.8 Å². The second-order valence-corrected chi connectivity index (χ2v) is 8.05. The van der Waals surface area contributed by atoms with Crippen molar-refractivity contribution in [3.63, 3.8) is 0 Å². The van der Waals surface area contributed by atoms with E-state index in [2.05, 4.69) is 41.5 Å². The number of nitrogens with one attached hydrogen (secondary N) is 1. The minimum atomic E-state index is -0.152. The number of amides is 2. The molecule has 1 aliphatic carbocycles. The van der Waals surface area contributed by atoms with E-state index in [1.54, 1.807) is 12.4 Å². The van der Waals surface area contributed by atoms with E-state index in [9.17, 15) is 9.59 Å². The normalized spacial score (nSPS) is 22.0. The van der Waals surface area contributed by atoms with E-state index in [0.717, 1.165) is 31.2 Å². The van der Waals surface area contributed by atoms with E-state index >= 15 is 0 Å². The van der Waals surface area contributed by atoms with Crippen LogP contribution in [0, 0.1) is 18.8 Å². The van der Waals surface area contributed by atoms with E-state index in [4.69, 9.17) is 0 Å². The van der Waals surface area contributed by atoms with Crippen LogP contribution in [0.25, 0.3) is 0 Å². The quantitative estimate of drug-likeness (QED) is 0.869. The standard InChI is InChI=1S/C23H27N3O2/c1-16-4-2-6-19(12-16)21-10-9-20(15-26(21)23(28)18-7-8-18)22(27)25-14-17-5-3-11-24-13-17/h2-6,11-13,18,20-21H,7-10,14-15H2,1H3,(H,25,27)/t20-,21-/m0/s1. The summed E-state index contributed by atoms with van der Waals surface area (Å²) >= 11 is 0. The van der Waals surface area contributed by atoms with Crippen molar-refractivity contribution in [3.8, 4) is 0 Å². The number of benzene rings is 1. The molecular weight excluding hydrogens is 350 g/mol. The van der Waals surface area contributed by atoms with Crippen LogP contribution in [-0.4, -0.2) is 28.2 Å². The molecule has 1 aliphatic heterocycles. The minimum Gasteiger partial charge on any atom is -0.352 e. The minimum absolute atomic E-state index is 0.0279. The van der Waals surface area contributed by atoms with Crippen LogP contribution in [0.2, 0.25) is 0 Å². The molecule has 1 aromatic heterocycles. The molecule has 0 radical (unpaired) electrons. The summed E-state index contributed by atoms with van der Waals surface area (Å²) < 4.78 is 0. The second-order valence-electron chi connectivity index (χ2n) is 8.05. The highest BCUT2D eigenvalue weighted by Crippen LogP contribution is 2.39. The molecule has 146 valence electrons. The second kappa shape index (κ2) is 8.13. The molecule has 1 saturated carbocycles. The van der Waals surface area contributed by atoms with Crippen molar-refractivity contribution >= 4 is 11.8 Å². The van der Waals surface area contributed by atoms with Crippen LogP contribution in [-0.2, 0) is 16.1 Å².